The van der Waals surface area contributed by atoms with Crippen LogP contribution in [-0.4, -0.2) is 22.5 Å². The number of aliphatic hydroxyl groups excluding tert-OH is 1. The number of aromatic nitrogens is 2. The van der Waals surface area contributed by atoms with Crippen LogP contribution in [0.2, 0.25) is 0 Å². The van der Waals surface area contributed by atoms with Gasteiger partial charge in [-0.1, -0.05) is 42.5 Å². The normalized spacial score (nSPS) is 13.0. The van der Waals surface area contributed by atoms with Crippen LogP contribution in [-0.2, 0) is 10.0 Å². The highest BCUT2D eigenvalue weighted by atomic mass is 32.2. The highest BCUT2D eigenvalue weighted by Crippen LogP contribution is 2.31. The Balaban J connectivity index is 1.99. The molecule has 1 N–H and O–H groups in total. The van der Waals surface area contributed by atoms with Crippen LogP contribution in [0.1, 0.15) is 17.4 Å². The average molecular weight is 364 g/mol. The maximum atomic E-state index is 13.3. The molecule has 0 aliphatic heterocycles. The topological polar surface area (TPSA) is 72.2 Å². The molecular formula is C20H16N2O3S. The van der Waals surface area contributed by atoms with Crippen LogP contribution in [0.15, 0.2) is 90.1 Å². The van der Waals surface area contributed by atoms with E-state index in [0.29, 0.717) is 11.1 Å². The van der Waals surface area contributed by atoms with Gasteiger partial charge in [0.2, 0.25) is 0 Å². The van der Waals surface area contributed by atoms with Gasteiger partial charge in [-0.2, -0.15) is 0 Å². The van der Waals surface area contributed by atoms with Crippen molar-refractivity contribution in [3.8, 4) is 0 Å². The van der Waals surface area contributed by atoms with Crippen LogP contribution < -0.4 is 0 Å². The first-order valence-corrected chi connectivity index (χ1v) is 9.52. The van der Waals surface area contributed by atoms with Crippen molar-refractivity contribution in [1.29, 1.82) is 0 Å². The van der Waals surface area contributed by atoms with Gasteiger partial charge in [0.05, 0.1) is 16.1 Å². The standard InChI is InChI=1S/C20H16N2O3S/c23-20(16-8-6-12-21-14-16)19-13-15-7-4-5-11-18(15)22(19)26(24,25)17-9-2-1-3-10-17/h1-14,20,23H. The van der Waals surface area contributed by atoms with Crippen LogP contribution in [0.5, 0.6) is 0 Å². The Labute approximate surface area is 151 Å². The molecule has 0 spiro atoms. The highest BCUT2D eigenvalue weighted by Gasteiger charge is 2.26. The second kappa shape index (κ2) is 6.40. The Hall–Kier alpha value is -2.96. The average Bonchev–Trinajstić information content (AvgIpc) is 3.09. The van der Waals surface area contributed by atoms with Crippen LogP contribution in [0, 0.1) is 0 Å². The Bertz CT molecular complexity index is 1150. The predicted molar refractivity (Wildman–Crippen MR) is 99.3 cm³/mol. The van der Waals surface area contributed by atoms with Crippen LogP contribution in [0.4, 0.5) is 0 Å². The number of hydrogen-bond donors (Lipinski definition) is 1. The lowest BCUT2D eigenvalue weighted by Gasteiger charge is -2.16. The number of rotatable bonds is 4. The Morgan fingerprint density at radius 3 is 2.38 bits per heavy atom. The fraction of sp³-hybridized carbons (Fsp3) is 0.0500. The van der Waals surface area contributed by atoms with Gasteiger partial charge in [-0.3, -0.25) is 4.98 Å². The van der Waals surface area contributed by atoms with Gasteiger partial charge in [-0.15, -0.1) is 0 Å². The Morgan fingerprint density at radius 2 is 1.65 bits per heavy atom. The lowest BCUT2D eigenvalue weighted by molar-refractivity contribution is 0.214. The SMILES string of the molecule is O=S(=O)(c1ccccc1)n1c(C(O)c2cccnc2)cc2ccccc21. The summed E-state index contributed by atoms with van der Waals surface area (Å²) in [7, 11) is -3.87. The first-order valence-electron chi connectivity index (χ1n) is 8.08. The second-order valence-electron chi connectivity index (χ2n) is 5.90. The van der Waals surface area contributed by atoms with Gasteiger partial charge < -0.3 is 5.11 Å². The smallest absolute Gasteiger partial charge is 0.268 e. The van der Waals surface area contributed by atoms with E-state index in [1.807, 2.05) is 12.1 Å². The molecule has 2 aromatic carbocycles. The molecule has 26 heavy (non-hydrogen) atoms. The molecule has 6 heteroatoms. The van der Waals surface area contributed by atoms with Crippen LogP contribution >= 0.6 is 0 Å². The van der Waals surface area contributed by atoms with E-state index in [1.54, 1.807) is 66.9 Å². The molecule has 0 radical (unpaired) electrons. The summed E-state index contributed by atoms with van der Waals surface area (Å²) < 4.78 is 27.8. The quantitative estimate of drug-likeness (QED) is 0.603. The van der Waals surface area contributed by atoms with Crippen molar-refractivity contribution in [3.63, 3.8) is 0 Å². The Kier molecular flexibility index (Phi) is 4.06. The molecule has 0 bridgehead atoms. The molecule has 0 aliphatic rings. The molecule has 130 valence electrons. The van der Waals surface area contributed by atoms with E-state index in [0.717, 1.165) is 5.39 Å². The molecule has 0 saturated heterocycles. The monoisotopic (exact) mass is 364 g/mol. The Morgan fingerprint density at radius 1 is 0.923 bits per heavy atom. The third-order valence-electron chi connectivity index (χ3n) is 4.26. The van der Waals surface area contributed by atoms with Crippen molar-refractivity contribution in [2.75, 3.05) is 0 Å². The molecule has 5 nitrogen and oxygen atoms in total. The minimum Gasteiger partial charge on any atom is -0.382 e. The molecule has 0 aliphatic carbocycles. The number of nitrogens with zero attached hydrogens (tertiary/aromatic N) is 2. The zero-order chi connectivity index (χ0) is 18.1. The summed E-state index contributed by atoms with van der Waals surface area (Å²) in [5.74, 6) is 0. The van der Waals surface area contributed by atoms with Crippen molar-refractivity contribution in [3.05, 3.63) is 96.4 Å². The second-order valence-corrected chi connectivity index (χ2v) is 7.69. The van der Waals surface area contributed by atoms with Gasteiger partial charge in [0.25, 0.3) is 10.0 Å². The number of fused-ring (bicyclic) bond motifs is 1. The predicted octanol–water partition coefficient (Wildman–Crippen LogP) is 3.36. The van der Waals surface area contributed by atoms with Gasteiger partial charge >= 0.3 is 0 Å². The van der Waals surface area contributed by atoms with Crippen molar-refractivity contribution in [2.45, 2.75) is 11.0 Å². The summed E-state index contributed by atoms with van der Waals surface area (Å²) in [4.78, 5) is 4.18. The van der Waals surface area contributed by atoms with Gasteiger partial charge in [0.15, 0.2) is 0 Å². The maximum absolute atomic E-state index is 13.3. The van der Waals surface area contributed by atoms with E-state index in [9.17, 15) is 13.5 Å². The van der Waals surface area contributed by atoms with E-state index in [-0.39, 0.29) is 10.6 Å². The number of para-hydroxylation sites is 1. The number of benzene rings is 2. The molecule has 0 amide bonds. The molecule has 4 rings (SSSR count). The largest absolute Gasteiger partial charge is 0.382 e. The molecule has 0 saturated carbocycles. The van der Waals surface area contributed by atoms with E-state index < -0.39 is 16.1 Å². The van der Waals surface area contributed by atoms with Crippen molar-refractivity contribution in [2.24, 2.45) is 0 Å². The van der Waals surface area contributed by atoms with Crippen LogP contribution in [0.25, 0.3) is 10.9 Å². The number of aliphatic hydroxyl groups is 1. The summed E-state index contributed by atoms with van der Waals surface area (Å²) in [5.41, 5.74) is 1.33. The van der Waals surface area contributed by atoms with Gasteiger partial charge in [0.1, 0.15) is 6.10 Å². The van der Waals surface area contributed by atoms with Gasteiger partial charge in [-0.05, 0) is 30.3 Å². The summed E-state index contributed by atoms with van der Waals surface area (Å²) in [6.45, 7) is 0. The van der Waals surface area contributed by atoms with Crippen molar-refractivity contribution < 1.29 is 13.5 Å². The molecule has 0 fully saturated rings. The van der Waals surface area contributed by atoms with E-state index in [2.05, 4.69) is 4.98 Å². The lowest BCUT2D eigenvalue weighted by Crippen LogP contribution is -2.18. The van der Waals surface area contributed by atoms with E-state index in [1.165, 1.54) is 10.2 Å². The lowest BCUT2D eigenvalue weighted by atomic mass is 10.1. The minimum absolute atomic E-state index is 0.168. The highest BCUT2D eigenvalue weighted by molar-refractivity contribution is 7.90. The summed E-state index contributed by atoms with van der Waals surface area (Å²) >= 11 is 0. The number of hydrogen-bond acceptors (Lipinski definition) is 4. The zero-order valence-electron chi connectivity index (χ0n) is 13.7. The molecular weight excluding hydrogens is 348 g/mol. The maximum Gasteiger partial charge on any atom is 0.268 e. The summed E-state index contributed by atoms with van der Waals surface area (Å²) in [6.07, 6.45) is 2.02. The minimum atomic E-state index is -3.87. The van der Waals surface area contributed by atoms with E-state index >= 15 is 0 Å². The summed E-state index contributed by atoms with van der Waals surface area (Å²) in [6, 6.07) is 20.5. The van der Waals surface area contributed by atoms with Crippen LogP contribution in [0.3, 0.4) is 0 Å². The van der Waals surface area contributed by atoms with Crippen molar-refractivity contribution >= 4 is 20.9 Å². The number of pyridine rings is 1. The zero-order valence-corrected chi connectivity index (χ0v) is 14.5. The first kappa shape index (κ1) is 16.5. The molecule has 2 aromatic heterocycles. The third kappa shape index (κ3) is 2.69. The van der Waals surface area contributed by atoms with Gasteiger partial charge in [0, 0.05) is 23.3 Å². The first-order chi connectivity index (χ1) is 12.6. The van der Waals surface area contributed by atoms with Gasteiger partial charge in [-0.25, -0.2) is 12.4 Å². The molecule has 1 atom stereocenters. The fourth-order valence-electron chi connectivity index (χ4n) is 3.02. The van der Waals surface area contributed by atoms with E-state index in [4.69, 9.17) is 0 Å². The molecule has 4 aromatic rings. The van der Waals surface area contributed by atoms with Crippen molar-refractivity contribution in [1.82, 2.24) is 8.96 Å². The molecule has 1 unspecified atom stereocenters. The third-order valence-corrected chi connectivity index (χ3v) is 6.01. The fourth-order valence-corrected chi connectivity index (χ4v) is 4.58. The molecule has 2 heterocycles. The summed E-state index contributed by atoms with van der Waals surface area (Å²) in [5, 5.41) is 11.6.